The molecule has 0 radical (unpaired) electrons. The molecule has 260 valence electrons. The van der Waals surface area contributed by atoms with E-state index in [0.717, 1.165) is 45.7 Å². The second-order valence-corrected chi connectivity index (χ2v) is 15.4. The Kier molecular flexibility index (Phi) is 12.0. The van der Waals surface area contributed by atoms with E-state index in [1.807, 2.05) is 43.3 Å². The van der Waals surface area contributed by atoms with Gasteiger partial charge in [0, 0.05) is 21.0 Å². The quantitative estimate of drug-likeness (QED) is 0.0818. The van der Waals surface area contributed by atoms with Crippen LogP contribution in [0.4, 0.5) is 10.7 Å². The summed E-state index contributed by atoms with van der Waals surface area (Å²) in [6, 6.07) is 23.5. The Morgan fingerprint density at radius 1 is 0.960 bits per heavy atom. The number of benzene rings is 3. The third kappa shape index (κ3) is 9.31. The highest BCUT2D eigenvalue weighted by Gasteiger charge is 2.34. The summed E-state index contributed by atoms with van der Waals surface area (Å²) in [6.07, 6.45) is 4.29. The van der Waals surface area contributed by atoms with Crippen LogP contribution in [-0.4, -0.2) is 36.1 Å². The smallest absolute Gasteiger partial charge is 0.341 e. The van der Waals surface area contributed by atoms with E-state index >= 15 is 0 Å². The number of hydrogen-bond donors (Lipinski definition) is 3. The summed E-state index contributed by atoms with van der Waals surface area (Å²) in [7, 11) is 0. The molecule has 1 aliphatic carbocycles. The van der Waals surface area contributed by atoms with Crippen molar-refractivity contribution >= 4 is 63.6 Å². The van der Waals surface area contributed by atoms with Crippen LogP contribution >= 0.6 is 23.1 Å². The van der Waals surface area contributed by atoms with Gasteiger partial charge in [-0.15, -0.1) is 23.1 Å². The summed E-state index contributed by atoms with van der Waals surface area (Å²) in [5, 5.41) is 9.20. The lowest BCUT2D eigenvalue weighted by Gasteiger charge is -2.33. The zero-order valence-corrected chi connectivity index (χ0v) is 30.7. The summed E-state index contributed by atoms with van der Waals surface area (Å²) in [5.74, 6) is -0.945. The summed E-state index contributed by atoms with van der Waals surface area (Å²) in [6.45, 7) is 10.7. The highest BCUT2D eigenvalue weighted by Crippen LogP contribution is 2.44. The van der Waals surface area contributed by atoms with Crippen molar-refractivity contribution in [3.8, 4) is 0 Å². The number of anilines is 2. The molecule has 0 spiro atoms. The van der Waals surface area contributed by atoms with E-state index in [9.17, 15) is 19.2 Å². The maximum absolute atomic E-state index is 13.6. The van der Waals surface area contributed by atoms with Crippen LogP contribution < -0.4 is 16.0 Å². The maximum Gasteiger partial charge on any atom is 0.341 e. The number of aryl methyl sites for hydroxylation is 1. The lowest BCUT2D eigenvalue weighted by atomic mass is 9.72. The van der Waals surface area contributed by atoms with Crippen LogP contribution in [0.25, 0.3) is 6.08 Å². The van der Waals surface area contributed by atoms with Crippen LogP contribution in [0.3, 0.4) is 0 Å². The third-order valence-electron chi connectivity index (χ3n) is 8.70. The number of fused-ring (bicyclic) bond motifs is 1. The average Bonchev–Trinajstić information content (AvgIpc) is 3.45. The van der Waals surface area contributed by atoms with Crippen molar-refractivity contribution in [2.45, 2.75) is 58.8 Å². The summed E-state index contributed by atoms with van der Waals surface area (Å²) in [5.41, 5.74) is 4.41. The average molecular weight is 710 g/mol. The number of hydrogen-bond acceptors (Lipinski definition) is 7. The molecule has 5 rings (SSSR count). The maximum atomic E-state index is 13.6. The molecule has 8 nitrogen and oxygen atoms in total. The molecule has 0 bridgehead atoms. The van der Waals surface area contributed by atoms with Crippen molar-refractivity contribution in [1.29, 1.82) is 0 Å². The van der Waals surface area contributed by atoms with Gasteiger partial charge in [0.2, 0.25) is 5.91 Å². The fraction of sp³-hybridized carbons (Fsp3) is 0.300. The number of nitrogens with one attached hydrogen (secondary N) is 3. The number of esters is 1. The van der Waals surface area contributed by atoms with E-state index in [-0.39, 0.29) is 29.4 Å². The topological polar surface area (TPSA) is 114 Å². The minimum atomic E-state index is -0.487. The van der Waals surface area contributed by atoms with Gasteiger partial charge in [-0.25, -0.2) is 4.79 Å². The Morgan fingerprint density at radius 3 is 2.42 bits per heavy atom. The highest BCUT2D eigenvalue weighted by molar-refractivity contribution is 8.00. The molecule has 4 aromatic rings. The first-order valence-corrected chi connectivity index (χ1v) is 18.5. The fourth-order valence-electron chi connectivity index (χ4n) is 5.85. The molecule has 1 aliphatic rings. The summed E-state index contributed by atoms with van der Waals surface area (Å²) in [4.78, 5) is 54.8. The number of thioether (sulfide) groups is 1. The van der Waals surface area contributed by atoms with Gasteiger partial charge in [-0.1, -0.05) is 69.3 Å². The molecule has 0 saturated carbocycles. The van der Waals surface area contributed by atoms with Crippen LogP contribution in [-0.2, 0) is 27.2 Å². The van der Waals surface area contributed by atoms with Gasteiger partial charge in [0.05, 0.1) is 17.9 Å². The van der Waals surface area contributed by atoms with Gasteiger partial charge < -0.3 is 20.7 Å². The zero-order valence-electron chi connectivity index (χ0n) is 29.1. The van der Waals surface area contributed by atoms with Gasteiger partial charge in [-0.2, -0.15) is 0 Å². The number of amides is 3. The van der Waals surface area contributed by atoms with Gasteiger partial charge in [-0.05, 0) is 97.5 Å². The first kappa shape index (κ1) is 36.6. The number of ether oxygens (including phenoxy) is 1. The summed E-state index contributed by atoms with van der Waals surface area (Å²) < 4.78 is 5.39. The van der Waals surface area contributed by atoms with Crippen molar-refractivity contribution in [3.63, 3.8) is 0 Å². The van der Waals surface area contributed by atoms with E-state index in [1.165, 1.54) is 23.1 Å². The molecule has 3 amide bonds. The predicted octanol–water partition coefficient (Wildman–Crippen LogP) is 8.52. The Morgan fingerprint density at radius 2 is 1.70 bits per heavy atom. The fourth-order valence-corrected chi connectivity index (χ4v) is 7.94. The van der Waals surface area contributed by atoms with E-state index in [0.29, 0.717) is 27.7 Å². The van der Waals surface area contributed by atoms with Gasteiger partial charge in [-0.3, -0.25) is 14.4 Å². The SMILES string of the molecule is CCOC(=O)c1c(NC(=O)CSc2cccc(NC(=O)/C(=C/c3ccccc3C)NC(=O)c3ccccc3)c2)sc2c1CCC(C(C)(C)C)C2. The Bertz CT molecular complexity index is 1910. The van der Waals surface area contributed by atoms with Crippen molar-refractivity contribution in [3.05, 3.63) is 117 Å². The minimum Gasteiger partial charge on any atom is -0.462 e. The summed E-state index contributed by atoms with van der Waals surface area (Å²) >= 11 is 2.79. The first-order valence-electron chi connectivity index (χ1n) is 16.7. The number of rotatable bonds is 11. The normalized spacial score (nSPS) is 14.3. The molecule has 0 aliphatic heterocycles. The predicted molar refractivity (Wildman–Crippen MR) is 203 cm³/mol. The molecule has 3 N–H and O–H groups in total. The Hall–Kier alpha value is -4.67. The second-order valence-electron chi connectivity index (χ2n) is 13.3. The van der Waals surface area contributed by atoms with Crippen LogP contribution in [0.5, 0.6) is 0 Å². The van der Waals surface area contributed by atoms with E-state index < -0.39 is 17.8 Å². The molecule has 1 atom stereocenters. The first-order chi connectivity index (χ1) is 23.9. The molecule has 0 fully saturated rings. The molecular weight excluding hydrogens is 667 g/mol. The van der Waals surface area contributed by atoms with Crippen LogP contribution in [0.2, 0.25) is 0 Å². The van der Waals surface area contributed by atoms with Crippen molar-refractivity contribution in [2.75, 3.05) is 23.0 Å². The molecule has 0 saturated heterocycles. The molecule has 3 aromatic carbocycles. The van der Waals surface area contributed by atoms with E-state index in [1.54, 1.807) is 55.5 Å². The van der Waals surface area contributed by atoms with Crippen molar-refractivity contribution < 1.29 is 23.9 Å². The van der Waals surface area contributed by atoms with Gasteiger partial charge in [0.1, 0.15) is 10.7 Å². The minimum absolute atomic E-state index is 0.0930. The molecular formula is C40H43N3O5S2. The molecule has 10 heteroatoms. The standard InChI is InChI=1S/C40H43N3O5S2/c1-6-48-39(47)35-31-20-19-28(40(3,4)5)22-33(31)50-38(35)43-34(44)24-49-30-18-12-17-29(23-30)41-37(46)32(21-27-16-11-10-13-25(27)2)42-36(45)26-14-8-7-9-15-26/h7-18,21,23,28H,6,19-20,22,24H2,1-5H3,(H,41,46)(H,42,45)(H,43,44)/b32-21-. The molecule has 1 unspecified atom stereocenters. The van der Waals surface area contributed by atoms with Gasteiger partial charge in [0.25, 0.3) is 11.8 Å². The Balaban J connectivity index is 1.27. The van der Waals surface area contributed by atoms with Crippen molar-refractivity contribution in [1.82, 2.24) is 5.32 Å². The van der Waals surface area contributed by atoms with E-state index in [2.05, 4.69) is 36.7 Å². The number of thiophene rings is 1. The zero-order chi connectivity index (χ0) is 35.8. The van der Waals surface area contributed by atoms with Crippen LogP contribution in [0.1, 0.15) is 76.4 Å². The second kappa shape index (κ2) is 16.4. The van der Waals surface area contributed by atoms with Gasteiger partial charge in [0.15, 0.2) is 0 Å². The van der Waals surface area contributed by atoms with E-state index in [4.69, 9.17) is 4.74 Å². The number of carbonyl (C=O) groups excluding carboxylic acids is 4. The lowest BCUT2D eigenvalue weighted by molar-refractivity contribution is -0.114. The highest BCUT2D eigenvalue weighted by atomic mass is 32.2. The molecule has 1 heterocycles. The third-order valence-corrected chi connectivity index (χ3v) is 10.9. The van der Waals surface area contributed by atoms with Gasteiger partial charge >= 0.3 is 5.97 Å². The lowest BCUT2D eigenvalue weighted by Crippen LogP contribution is -2.30. The largest absolute Gasteiger partial charge is 0.462 e. The van der Waals surface area contributed by atoms with Crippen LogP contribution in [0.15, 0.2) is 89.5 Å². The monoisotopic (exact) mass is 709 g/mol. The van der Waals surface area contributed by atoms with Crippen LogP contribution in [0, 0.1) is 18.3 Å². The van der Waals surface area contributed by atoms with Crippen molar-refractivity contribution in [2.24, 2.45) is 11.3 Å². The molecule has 50 heavy (non-hydrogen) atoms. The number of carbonyl (C=O) groups is 4. The Labute approximate surface area is 302 Å². The molecule has 1 aromatic heterocycles.